The van der Waals surface area contributed by atoms with E-state index >= 15 is 0 Å². The van der Waals surface area contributed by atoms with Crippen LogP contribution in [0.4, 0.5) is 0 Å². The maximum absolute atomic E-state index is 11.4. The van der Waals surface area contributed by atoms with Crippen LogP contribution in [-0.4, -0.2) is 43.7 Å². The molecule has 0 aromatic heterocycles. The van der Waals surface area contributed by atoms with Gasteiger partial charge in [-0.25, -0.2) is 8.42 Å². The lowest BCUT2D eigenvalue weighted by molar-refractivity contribution is 0.118. The molecule has 0 amide bonds. The molecule has 17 heavy (non-hydrogen) atoms. The molecule has 0 saturated heterocycles. The highest BCUT2D eigenvalue weighted by molar-refractivity contribution is 7.91. The van der Waals surface area contributed by atoms with Crippen LogP contribution in [0.5, 0.6) is 0 Å². The third-order valence-electron chi connectivity index (χ3n) is 2.49. The Balaban J connectivity index is 3.96. The first kappa shape index (κ1) is 16.9. The predicted octanol–water partition coefficient (Wildman–Crippen LogP) is 1.20. The highest BCUT2D eigenvalue weighted by Crippen LogP contribution is 2.20. The van der Waals surface area contributed by atoms with Crippen molar-refractivity contribution in [1.82, 2.24) is 5.32 Å². The van der Waals surface area contributed by atoms with Crippen molar-refractivity contribution in [3.63, 3.8) is 0 Å². The van der Waals surface area contributed by atoms with Crippen LogP contribution in [0.3, 0.4) is 0 Å². The number of hydrogen-bond acceptors (Lipinski definition) is 4. The van der Waals surface area contributed by atoms with E-state index in [1.54, 1.807) is 6.92 Å². The number of nitrogens with one attached hydrogen (secondary N) is 1. The van der Waals surface area contributed by atoms with Crippen molar-refractivity contribution in [2.45, 2.75) is 53.2 Å². The summed E-state index contributed by atoms with van der Waals surface area (Å²) in [6, 6.07) is -0.116. The lowest BCUT2D eigenvalue weighted by Crippen LogP contribution is -2.39. The molecule has 4 nitrogen and oxygen atoms in total. The highest BCUT2D eigenvalue weighted by atomic mass is 32.2. The fraction of sp³-hybridized carbons (Fsp3) is 1.00. The minimum atomic E-state index is -2.95. The van der Waals surface area contributed by atoms with Gasteiger partial charge in [-0.3, -0.25) is 0 Å². The van der Waals surface area contributed by atoms with Crippen LogP contribution in [-0.2, 0) is 9.84 Å². The smallest absolute Gasteiger partial charge is 0.151 e. The molecule has 0 aliphatic carbocycles. The average Bonchev–Trinajstić information content (AvgIpc) is 2.11. The standard InChI is InChI=1S/C12H27NO3S/c1-6-17(15,16)9-10(2)13-8-11(14)7-12(3,4)5/h10-11,13-14H,6-9H2,1-5H3. The number of aliphatic hydroxyl groups excluding tert-OH is 1. The lowest BCUT2D eigenvalue weighted by atomic mass is 9.89. The SMILES string of the molecule is CCS(=O)(=O)CC(C)NCC(O)CC(C)(C)C. The molecule has 2 unspecified atom stereocenters. The Labute approximate surface area is 106 Å². The minimum Gasteiger partial charge on any atom is -0.392 e. The van der Waals surface area contributed by atoms with Gasteiger partial charge in [0.05, 0.1) is 11.9 Å². The normalized spacial score (nSPS) is 16.8. The first-order valence-electron chi connectivity index (χ1n) is 6.17. The van der Waals surface area contributed by atoms with Crippen molar-refractivity contribution in [1.29, 1.82) is 0 Å². The molecule has 0 radical (unpaired) electrons. The molecule has 0 fully saturated rings. The lowest BCUT2D eigenvalue weighted by Gasteiger charge is -2.24. The molecule has 0 spiro atoms. The van der Waals surface area contributed by atoms with Gasteiger partial charge < -0.3 is 10.4 Å². The van der Waals surface area contributed by atoms with Gasteiger partial charge in [-0.2, -0.15) is 0 Å². The zero-order valence-corrected chi connectivity index (χ0v) is 12.5. The molecule has 2 atom stereocenters. The van der Waals surface area contributed by atoms with Gasteiger partial charge in [0, 0.05) is 18.3 Å². The van der Waals surface area contributed by atoms with Crippen LogP contribution in [0, 0.1) is 5.41 Å². The molecule has 104 valence electrons. The Morgan fingerprint density at radius 1 is 1.29 bits per heavy atom. The van der Waals surface area contributed by atoms with Crippen LogP contribution < -0.4 is 5.32 Å². The second-order valence-electron chi connectivity index (χ2n) is 5.93. The first-order valence-corrected chi connectivity index (χ1v) is 8.00. The van der Waals surface area contributed by atoms with E-state index in [2.05, 4.69) is 26.1 Å². The average molecular weight is 265 g/mol. The molecule has 0 saturated carbocycles. The van der Waals surface area contributed by atoms with Gasteiger partial charge in [-0.1, -0.05) is 27.7 Å². The minimum absolute atomic E-state index is 0.0832. The largest absolute Gasteiger partial charge is 0.392 e. The Kier molecular flexibility index (Phi) is 6.66. The first-order chi connectivity index (χ1) is 7.56. The molecule has 0 rings (SSSR count). The molecule has 2 N–H and O–H groups in total. The van der Waals surface area contributed by atoms with Gasteiger partial charge >= 0.3 is 0 Å². The zero-order valence-electron chi connectivity index (χ0n) is 11.7. The van der Waals surface area contributed by atoms with Gasteiger partial charge in [0.2, 0.25) is 0 Å². The Morgan fingerprint density at radius 2 is 1.82 bits per heavy atom. The fourth-order valence-corrected chi connectivity index (χ4v) is 2.79. The summed E-state index contributed by atoms with van der Waals surface area (Å²) in [4.78, 5) is 0. The molecular formula is C12H27NO3S. The summed E-state index contributed by atoms with van der Waals surface area (Å²) in [6.07, 6.45) is 0.273. The van der Waals surface area contributed by atoms with Crippen molar-refractivity contribution in [2.24, 2.45) is 5.41 Å². The number of rotatable bonds is 7. The topological polar surface area (TPSA) is 66.4 Å². The van der Waals surface area contributed by atoms with Crippen molar-refractivity contribution >= 4 is 9.84 Å². The number of sulfone groups is 1. The van der Waals surface area contributed by atoms with Crippen molar-refractivity contribution in [3.05, 3.63) is 0 Å². The van der Waals surface area contributed by atoms with Crippen molar-refractivity contribution in [2.75, 3.05) is 18.1 Å². The number of hydrogen-bond donors (Lipinski definition) is 2. The molecule has 0 bridgehead atoms. The van der Waals surface area contributed by atoms with Gasteiger partial charge in [0.25, 0.3) is 0 Å². The maximum atomic E-state index is 11.4. The van der Waals surface area contributed by atoms with E-state index in [-0.39, 0.29) is 23.0 Å². The van der Waals surface area contributed by atoms with E-state index in [0.717, 1.165) is 0 Å². The van der Waals surface area contributed by atoms with Crippen LogP contribution in [0.25, 0.3) is 0 Å². The molecular weight excluding hydrogens is 238 g/mol. The van der Waals surface area contributed by atoms with E-state index in [1.807, 2.05) is 6.92 Å². The summed E-state index contributed by atoms with van der Waals surface area (Å²) in [5.74, 6) is 0.301. The monoisotopic (exact) mass is 265 g/mol. The predicted molar refractivity (Wildman–Crippen MR) is 71.9 cm³/mol. The second kappa shape index (κ2) is 6.71. The van der Waals surface area contributed by atoms with E-state index < -0.39 is 15.9 Å². The van der Waals surface area contributed by atoms with E-state index in [0.29, 0.717) is 13.0 Å². The number of aliphatic hydroxyl groups is 1. The zero-order chi connectivity index (χ0) is 13.7. The molecule has 0 aromatic rings. The Bertz CT molecular complexity index is 306. The summed E-state index contributed by atoms with van der Waals surface area (Å²) in [7, 11) is -2.95. The third kappa shape index (κ3) is 9.56. The van der Waals surface area contributed by atoms with Crippen LogP contribution >= 0.6 is 0 Å². The molecule has 0 heterocycles. The Morgan fingerprint density at radius 3 is 2.24 bits per heavy atom. The Hall–Kier alpha value is -0.130. The van der Waals surface area contributed by atoms with E-state index in [9.17, 15) is 13.5 Å². The molecule has 5 heteroatoms. The van der Waals surface area contributed by atoms with Crippen molar-refractivity contribution in [3.8, 4) is 0 Å². The summed E-state index contributed by atoms with van der Waals surface area (Å²) in [6.45, 7) is 10.1. The van der Waals surface area contributed by atoms with E-state index in [4.69, 9.17) is 0 Å². The summed E-state index contributed by atoms with van der Waals surface area (Å²) < 4.78 is 22.8. The summed E-state index contributed by atoms with van der Waals surface area (Å²) in [5.41, 5.74) is 0.0832. The van der Waals surface area contributed by atoms with Gasteiger partial charge in [-0.15, -0.1) is 0 Å². The quantitative estimate of drug-likeness (QED) is 0.726. The third-order valence-corrected chi connectivity index (χ3v) is 4.38. The summed E-state index contributed by atoms with van der Waals surface area (Å²) >= 11 is 0. The van der Waals surface area contributed by atoms with Crippen molar-refractivity contribution < 1.29 is 13.5 Å². The second-order valence-corrected chi connectivity index (χ2v) is 8.32. The van der Waals surface area contributed by atoms with E-state index in [1.165, 1.54) is 0 Å². The van der Waals surface area contributed by atoms with Crippen LogP contribution in [0.2, 0.25) is 0 Å². The highest BCUT2D eigenvalue weighted by Gasteiger charge is 2.18. The fourth-order valence-electron chi connectivity index (χ4n) is 1.67. The maximum Gasteiger partial charge on any atom is 0.151 e. The van der Waals surface area contributed by atoms with Crippen LogP contribution in [0.1, 0.15) is 41.0 Å². The molecule has 0 aromatic carbocycles. The van der Waals surface area contributed by atoms with Gasteiger partial charge in [0.15, 0.2) is 9.84 Å². The summed E-state index contributed by atoms with van der Waals surface area (Å²) in [5, 5.41) is 12.8. The van der Waals surface area contributed by atoms with Gasteiger partial charge in [-0.05, 0) is 18.8 Å². The molecule has 0 aliphatic heterocycles. The molecule has 0 aliphatic rings. The van der Waals surface area contributed by atoms with Crippen LogP contribution in [0.15, 0.2) is 0 Å². The van der Waals surface area contributed by atoms with Gasteiger partial charge in [0.1, 0.15) is 0 Å².